The Morgan fingerprint density at radius 2 is 1.92 bits per heavy atom. The number of rotatable bonds is 8. The molecule has 6 nitrogen and oxygen atoms in total. The molecule has 0 aliphatic heterocycles. The predicted octanol–water partition coefficient (Wildman–Crippen LogP) is 3.58. The molecule has 0 radical (unpaired) electrons. The molecule has 3 rings (SSSR count). The third-order valence-corrected chi connectivity index (χ3v) is 3.80. The Labute approximate surface area is 147 Å². The predicted molar refractivity (Wildman–Crippen MR) is 97.4 cm³/mol. The molecule has 2 aromatic carbocycles. The van der Waals surface area contributed by atoms with Gasteiger partial charge in [-0.2, -0.15) is 0 Å². The Bertz CT molecular complexity index is 815. The van der Waals surface area contributed by atoms with Gasteiger partial charge < -0.3 is 10.1 Å². The van der Waals surface area contributed by atoms with E-state index in [2.05, 4.69) is 65.0 Å². The van der Waals surface area contributed by atoms with Gasteiger partial charge in [0.1, 0.15) is 12.4 Å². The second-order valence-electron chi connectivity index (χ2n) is 6.00. The van der Waals surface area contributed by atoms with Crippen LogP contribution in [-0.2, 0) is 19.7 Å². The van der Waals surface area contributed by atoms with Crippen molar-refractivity contribution < 1.29 is 4.74 Å². The fourth-order valence-electron chi connectivity index (χ4n) is 2.59. The molecule has 0 spiro atoms. The molecule has 0 aliphatic rings. The first kappa shape index (κ1) is 17.0. The molecule has 1 aromatic heterocycles. The van der Waals surface area contributed by atoms with Gasteiger partial charge >= 0.3 is 0 Å². The molecule has 0 aliphatic carbocycles. The van der Waals surface area contributed by atoms with E-state index in [0.29, 0.717) is 19.1 Å². The summed E-state index contributed by atoms with van der Waals surface area (Å²) in [6, 6.07) is 16.4. The molecular formula is C19H23N5O. The van der Waals surface area contributed by atoms with Gasteiger partial charge in [0.2, 0.25) is 5.95 Å². The van der Waals surface area contributed by atoms with Crippen LogP contribution in [0.2, 0.25) is 0 Å². The number of ether oxygens (including phenoxy) is 1. The summed E-state index contributed by atoms with van der Waals surface area (Å²) in [6.07, 6.45) is 0.988. The van der Waals surface area contributed by atoms with Gasteiger partial charge in [0.05, 0.1) is 0 Å². The number of aryl methyl sites for hydroxylation is 2. The maximum atomic E-state index is 5.91. The topological polar surface area (TPSA) is 64.9 Å². The fraction of sp³-hybridized carbons (Fsp3) is 0.316. The van der Waals surface area contributed by atoms with E-state index < -0.39 is 0 Å². The highest BCUT2D eigenvalue weighted by atomic mass is 16.5. The molecule has 0 fully saturated rings. The summed E-state index contributed by atoms with van der Waals surface area (Å²) < 4.78 is 7.69. The molecule has 6 heteroatoms. The average Bonchev–Trinajstić information content (AvgIpc) is 3.06. The van der Waals surface area contributed by atoms with Crippen LogP contribution in [0.25, 0.3) is 0 Å². The molecule has 0 saturated heterocycles. The lowest BCUT2D eigenvalue weighted by Gasteiger charge is -2.10. The monoisotopic (exact) mass is 337 g/mol. The Kier molecular flexibility index (Phi) is 5.61. The Hall–Kier alpha value is -2.89. The fourth-order valence-corrected chi connectivity index (χ4v) is 2.59. The minimum atomic E-state index is 0.563. The second kappa shape index (κ2) is 8.28. The van der Waals surface area contributed by atoms with Crippen LogP contribution in [-0.4, -0.2) is 20.2 Å². The number of benzene rings is 2. The van der Waals surface area contributed by atoms with E-state index in [9.17, 15) is 0 Å². The SMILES string of the molecule is CCCn1nnnc1NCc1cccc(OCc2cccc(C)c2)c1. The third kappa shape index (κ3) is 4.79. The van der Waals surface area contributed by atoms with Crippen molar-refractivity contribution in [2.75, 3.05) is 5.32 Å². The molecule has 130 valence electrons. The van der Waals surface area contributed by atoms with Crippen LogP contribution in [0.15, 0.2) is 48.5 Å². The zero-order valence-electron chi connectivity index (χ0n) is 14.6. The first-order valence-corrected chi connectivity index (χ1v) is 8.52. The first-order valence-electron chi connectivity index (χ1n) is 8.52. The van der Waals surface area contributed by atoms with Crippen molar-refractivity contribution in [3.8, 4) is 5.75 Å². The number of anilines is 1. The number of hydrogen-bond donors (Lipinski definition) is 1. The van der Waals surface area contributed by atoms with E-state index >= 15 is 0 Å². The van der Waals surface area contributed by atoms with E-state index in [1.54, 1.807) is 4.68 Å². The molecule has 0 amide bonds. The van der Waals surface area contributed by atoms with Crippen molar-refractivity contribution in [3.05, 3.63) is 65.2 Å². The number of hydrogen-bond acceptors (Lipinski definition) is 5. The van der Waals surface area contributed by atoms with Gasteiger partial charge in [-0.3, -0.25) is 0 Å². The average molecular weight is 337 g/mol. The highest BCUT2D eigenvalue weighted by Crippen LogP contribution is 2.16. The van der Waals surface area contributed by atoms with Crippen LogP contribution in [0.3, 0.4) is 0 Å². The van der Waals surface area contributed by atoms with Crippen molar-refractivity contribution in [1.82, 2.24) is 20.2 Å². The molecule has 1 N–H and O–H groups in total. The zero-order valence-corrected chi connectivity index (χ0v) is 14.6. The lowest BCUT2D eigenvalue weighted by atomic mass is 10.1. The minimum absolute atomic E-state index is 0.563. The summed E-state index contributed by atoms with van der Waals surface area (Å²) >= 11 is 0. The molecule has 25 heavy (non-hydrogen) atoms. The lowest BCUT2D eigenvalue weighted by Crippen LogP contribution is -2.08. The summed E-state index contributed by atoms with van der Waals surface area (Å²) in [5.41, 5.74) is 3.53. The highest BCUT2D eigenvalue weighted by Gasteiger charge is 2.05. The van der Waals surface area contributed by atoms with Crippen LogP contribution >= 0.6 is 0 Å². The summed E-state index contributed by atoms with van der Waals surface area (Å²) in [5, 5.41) is 15.0. The van der Waals surface area contributed by atoms with E-state index in [1.807, 2.05) is 18.2 Å². The first-order chi connectivity index (χ1) is 12.2. The van der Waals surface area contributed by atoms with Crippen molar-refractivity contribution in [3.63, 3.8) is 0 Å². The van der Waals surface area contributed by atoms with Crippen LogP contribution in [0.1, 0.15) is 30.0 Å². The van der Waals surface area contributed by atoms with Crippen molar-refractivity contribution in [2.24, 2.45) is 0 Å². The van der Waals surface area contributed by atoms with Crippen LogP contribution < -0.4 is 10.1 Å². The summed E-state index contributed by atoms with van der Waals surface area (Å²) in [4.78, 5) is 0. The zero-order chi connectivity index (χ0) is 17.5. The number of nitrogens with one attached hydrogen (secondary N) is 1. The molecule has 0 saturated carbocycles. The smallest absolute Gasteiger partial charge is 0.243 e. The van der Waals surface area contributed by atoms with Gasteiger partial charge in [0, 0.05) is 13.1 Å². The Morgan fingerprint density at radius 3 is 2.76 bits per heavy atom. The van der Waals surface area contributed by atoms with E-state index in [0.717, 1.165) is 24.3 Å². The van der Waals surface area contributed by atoms with Crippen LogP contribution in [0, 0.1) is 6.92 Å². The molecule has 0 atom stereocenters. The Balaban J connectivity index is 1.58. The van der Waals surface area contributed by atoms with Crippen molar-refractivity contribution >= 4 is 5.95 Å². The maximum absolute atomic E-state index is 5.91. The van der Waals surface area contributed by atoms with Crippen LogP contribution in [0.5, 0.6) is 5.75 Å². The quantitative estimate of drug-likeness (QED) is 0.680. The second-order valence-corrected chi connectivity index (χ2v) is 6.00. The highest BCUT2D eigenvalue weighted by molar-refractivity contribution is 5.32. The summed E-state index contributed by atoms with van der Waals surface area (Å²) in [7, 11) is 0. The lowest BCUT2D eigenvalue weighted by molar-refractivity contribution is 0.306. The van der Waals surface area contributed by atoms with Gasteiger partial charge in [-0.1, -0.05) is 54.0 Å². The number of nitrogens with zero attached hydrogens (tertiary/aromatic N) is 4. The normalized spacial score (nSPS) is 10.6. The molecule has 1 heterocycles. The third-order valence-electron chi connectivity index (χ3n) is 3.80. The van der Waals surface area contributed by atoms with Crippen LogP contribution in [0.4, 0.5) is 5.95 Å². The summed E-state index contributed by atoms with van der Waals surface area (Å²) in [6.45, 7) is 6.19. The van der Waals surface area contributed by atoms with E-state index in [-0.39, 0.29) is 0 Å². The van der Waals surface area contributed by atoms with Gasteiger partial charge in [0.25, 0.3) is 0 Å². The van der Waals surface area contributed by atoms with Gasteiger partial charge in [-0.25, -0.2) is 4.68 Å². The maximum Gasteiger partial charge on any atom is 0.243 e. The summed E-state index contributed by atoms with van der Waals surface area (Å²) in [5.74, 6) is 1.54. The van der Waals surface area contributed by atoms with E-state index in [4.69, 9.17) is 4.74 Å². The molecular weight excluding hydrogens is 314 g/mol. The largest absolute Gasteiger partial charge is 0.489 e. The van der Waals surface area contributed by atoms with Crippen molar-refractivity contribution in [2.45, 2.75) is 40.0 Å². The van der Waals surface area contributed by atoms with Gasteiger partial charge in [-0.05, 0) is 47.0 Å². The molecule has 0 unspecified atom stereocenters. The Morgan fingerprint density at radius 1 is 1.08 bits per heavy atom. The van der Waals surface area contributed by atoms with Gasteiger partial charge in [0.15, 0.2) is 0 Å². The van der Waals surface area contributed by atoms with E-state index in [1.165, 1.54) is 11.1 Å². The van der Waals surface area contributed by atoms with Crippen molar-refractivity contribution in [1.29, 1.82) is 0 Å². The molecule has 0 bridgehead atoms. The number of aromatic nitrogens is 4. The van der Waals surface area contributed by atoms with Gasteiger partial charge in [-0.15, -0.1) is 0 Å². The number of tetrazole rings is 1. The minimum Gasteiger partial charge on any atom is -0.489 e. The standard InChI is InChI=1S/C19H23N5O/c1-3-10-24-19(21-22-23-24)20-13-16-7-5-9-18(12-16)25-14-17-8-4-6-15(2)11-17/h4-9,11-12H,3,10,13-14H2,1-2H3,(H,20,21,23). The molecule has 3 aromatic rings.